The maximum Gasteiger partial charge on any atom is 0.269 e. The van der Waals surface area contributed by atoms with Crippen LogP contribution in [0.25, 0.3) is 11.1 Å². The van der Waals surface area contributed by atoms with E-state index in [9.17, 15) is 4.79 Å². The number of unbranched alkanes of at least 4 members (excludes halogenated alkanes) is 1. The van der Waals surface area contributed by atoms with Crippen molar-refractivity contribution in [3.05, 3.63) is 58.4 Å². The van der Waals surface area contributed by atoms with Crippen LogP contribution in [-0.4, -0.2) is 58.2 Å². The molecule has 1 aromatic heterocycles. The number of para-hydroxylation sites is 1. The van der Waals surface area contributed by atoms with Crippen molar-refractivity contribution in [2.24, 2.45) is 11.8 Å². The van der Waals surface area contributed by atoms with Crippen LogP contribution in [0.2, 0.25) is 0 Å². The van der Waals surface area contributed by atoms with Crippen LogP contribution in [0.4, 0.5) is 0 Å². The van der Waals surface area contributed by atoms with Gasteiger partial charge in [-0.2, -0.15) is 0 Å². The fourth-order valence-electron chi connectivity index (χ4n) is 9.82. The number of thioether (sulfide) groups is 1. The summed E-state index contributed by atoms with van der Waals surface area (Å²) in [5, 5.41) is 0.336. The maximum atomic E-state index is 12.5. The van der Waals surface area contributed by atoms with Crippen LogP contribution in [0.1, 0.15) is 133 Å². The minimum absolute atomic E-state index is 0.336. The first kappa shape index (κ1) is 35.5. The zero-order valence-corrected chi connectivity index (χ0v) is 31.6. The van der Waals surface area contributed by atoms with Crippen LogP contribution in [0.5, 0.6) is 0 Å². The highest BCUT2D eigenvalue weighted by molar-refractivity contribution is 8.13. The van der Waals surface area contributed by atoms with Gasteiger partial charge < -0.3 is 9.32 Å². The van der Waals surface area contributed by atoms with E-state index in [4.69, 9.17) is 16.6 Å². The molecule has 4 unspecified atom stereocenters. The standard InChI is InChI=1S/C42H59N3O2S2/c1-31-12-9-14-33(15-10-13-32(31)22-23-34-30-40(46)49-39-21-6-5-18-36(34)39)37-19-11-20-38-41(37)47-42(48)45(38)25-8-7-24-43-26-28-44(29-27-43)35-16-3-2-4-17-35/h5-6,11,18-21,31-35H,2-4,7-10,12-17,22-30H2,1H3. The van der Waals surface area contributed by atoms with Gasteiger partial charge in [-0.3, -0.25) is 14.3 Å². The van der Waals surface area contributed by atoms with Crippen LogP contribution in [0, 0.1) is 16.7 Å². The van der Waals surface area contributed by atoms with E-state index in [-0.39, 0.29) is 0 Å². The molecule has 266 valence electrons. The first-order chi connectivity index (χ1) is 24.0. The van der Waals surface area contributed by atoms with Gasteiger partial charge in [0, 0.05) is 55.6 Å². The van der Waals surface area contributed by atoms with Crippen LogP contribution in [0.15, 0.2) is 51.8 Å². The van der Waals surface area contributed by atoms with Crippen LogP contribution in [0.3, 0.4) is 0 Å². The molecule has 0 bridgehead atoms. The number of piperazine rings is 1. The topological polar surface area (TPSA) is 41.6 Å². The molecule has 4 atom stereocenters. The molecule has 5 nitrogen and oxygen atoms in total. The Hall–Kier alpha value is -1.93. The van der Waals surface area contributed by atoms with Gasteiger partial charge in [-0.15, -0.1) is 0 Å². The van der Waals surface area contributed by atoms with Gasteiger partial charge in [0.1, 0.15) is 0 Å². The maximum absolute atomic E-state index is 12.5. The number of carbonyl (C=O) groups is 1. The second-order valence-corrected chi connectivity index (χ2v) is 17.3. The van der Waals surface area contributed by atoms with Crippen LogP contribution < -0.4 is 0 Å². The number of oxazole rings is 1. The normalized spacial score (nSPS) is 26.7. The second kappa shape index (κ2) is 17.1. The number of aromatic nitrogens is 1. The smallest absolute Gasteiger partial charge is 0.269 e. The van der Waals surface area contributed by atoms with E-state index in [0.29, 0.717) is 28.2 Å². The largest absolute Gasteiger partial charge is 0.429 e. The highest BCUT2D eigenvalue weighted by Crippen LogP contribution is 2.43. The zero-order chi connectivity index (χ0) is 33.6. The Morgan fingerprint density at radius 2 is 1.55 bits per heavy atom. The summed E-state index contributed by atoms with van der Waals surface area (Å²) in [6, 6.07) is 16.2. The Balaban J connectivity index is 0.915. The zero-order valence-electron chi connectivity index (χ0n) is 30.0. The van der Waals surface area contributed by atoms with Gasteiger partial charge in [0.05, 0.1) is 5.52 Å². The van der Waals surface area contributed by atoms with Crippen molar-refractivity contribution in [3.8, 4) is 0 Å². The molecule has 4 aliphatic rings. The highest BCUT2D eigenvalue weighted by atomic mass is 32.2. The third kappa shape index (κ3) is 8.76. The second-order valence-electron chi connectivity index (χ2n) is 15.9. The molecule has 49 heavy (non-hydrogen) atoms. The molecule has 3 fully saturated rings. The molecule has 0 radical (unpaired) electrons. The van der Waals surface area contributed by atoms with Crippen molar-refractivity contribution in [1.29, 1.82) is 0 Å². The molecular weight excluding hydrogens is 643 g/mol. The lowest BCUT2D eigenvalue weighted by atomic mass is 9.80. The van der Waals surface area contributed by atoms with Gasteiger partial charge in [0.15, 0.2) is 10.7 Å². The minimum Gasteiger partial charge on any atom is -0.429 e. The van der Waals surface area contributed by atoms with Crippen molar-refractivity contribution < 1.29 is 9.21 Å². The Kier molecular flexibility index (Phi) is 12.3. The van der Waals surface area contributed by atoms with E-state index < -0.39 is 0 Å². The average Bonchev–Trinajstić information content (AvgIpc) is 3.49. The number of fused-ring (bicyclic) bond motifs is 2. The SMILES string of the molecule is CC1CCCC(c2cccc3c2oc(=S)n3CCCCN2CCN(C3CCCCC3)CC2)CCCC1CCC1CC(=O)Sc2ccccc21. The first-order valence-electron chi connectivity index (χ1n) is 19.9. The summed E-state index contributed by atoms with van der Waals surface area (Å²) in [4.78, 5) is 19.8. The van der Waals surface area contributed by atoms with Gasteiger partial charge >= 0.3 is 0 Å². The van der Waals surface area contributed by atoms with E-state index in [2.05, 4.69) is 63.8 Å². The summed E-state index contributed by atoms with van der Waals surface area (Å²) in [6.07, 6.45) is 20.1. The van der Waals surface area contributed by atoms with E-state index in [1.165, 1.54) is 149 Å². The van der Waals surface area contributed by atoms with Gasteiger partial charge in [0.25, 0.3) is 4.84 Å². The Morgan fingerprint density at radius 1 is 0.796 bits per heavy atom. The fourth-order valence-corrected chi connectivity index (χ4v) is 11.1. The summed E-state index contributed by atoms with van der Waals surface area (Å²) in [5.74, 6) is 2.37. The summed E-state index contributed by atoms with van der Waals surface area (Å²) < 4.78 is 8.69. The third-order valence-corrected chi connectivity index (χ3v) is 14.1. The lowest BCUT2D eigenvalue weighted by molar-refractivity contribution is -0.111. The molecule has 3 aromatic rings. The van der Waals surface area contributed by atoms with E-state index in [1.54, 1.807) is 0 Å². The molecular formula is C42H59N3O2S2. The number of rotatable bonds is 10. The molecule has 1 saturated heterocycles. The summed E-state index contributed by atoms with van der Waals surface area (Å²) in [5.41, 5.74) is 5.00. The van der Waals surface area contributed by atoms with Gasteiger partial charge in [-0.05, 0) is 111 Å². The van der Waals surface area contributed by atoms with Crippen molar-refractivity contribution in [2.75, 3.05) is 32.7 Å². The van der Waals surface area contributed by atoms with E-state index in [0.717, 1.165) is 42.8 Å². The molecule has 0 amide bonds. The lowest BCUT2D eigenvalue weighted by Crippen LogP contribution is -2.50. The molecule has 3 heterocycles. The monoisotopic (exact) mass is 701 g/mol. The lowest BCUT2D eigenvalue weighted by Gasteiger charge is -2.40. The van der Waals surface area contributed by atoms with E-state index >= 15 is 0 Å². The summed E-state index contributed by atoms with van der Waals surface area (Å²) >= 11 is 7.28. The number of nitrogens with zero attached hydrogens (tertiary/aromatic N) is 3. The number of hydrogen-bond donors (Lipinski definition) is 0. The summed E-state index contributed by atoms with van der Waals surface area (Å²) in [6.45, 7) is 9.58. The predicted octanol–water partition coefficient (Wildman–Crippen LogP) is 11.0. The van der Waals surface area contributed by atoms with Crippen molar-refractivity contribution in [1.82, 2.24) is 14.4 Å². The molecule has 2 aromatic carbocycles. The van der Waals surface area contributed by atoms with Gasteiger partial charge in [-0.25, -0.2) is 0 Å². The van der Waals surface area contributed by atoms with Crippen molar-refractivity contribution in [3.63, 3.8) is 0 Å². The quantitative estimate of drug-likeness (QED) is 0.155. The molecule has 0 spiro atoms. The number of hydrogen-bond acceptors (Lipinski definition) is 6. The molecule has 2 aliphatic carbocycles. The third-order valence-electron chi connectivity index (χ3n) is 12.8. The minimum atomic E-state index is 0.336. The summed E-state index contributed by atoms with van der Waals surface area (Å²) in [7, 11) is 0. The molecule has 0 N–H and O–H groups in total. The van der Waals surface area contributed by atoms with Crippen molar-refractivity contribution in [2.45, 2.75) is 139 Å². The molecule has 7 heteroatoms. The Bertz CT molecular complexity index is 1580. The van der Waals surface area contributed by atoms with Gasteiger partial charge in [-0.1, -0.05) is 94.0 Å². The predicted molar refractivity (Wildman–Crippen MR) is 206 cm³/mol. The molecule has 7 rings (SSSR count). The molecule has 2 aliphatic heterocycles. The highest BCUT2D eigenvalue weighted by Gasteiger charge is 2.29. The van der Waals surface area contributed by atoms with Crippen LogP contribution >= 0.6 is 24.0 Å². The Labute approximate surface area is 304 Å². The average molecular weight is 702 g/mol. The van der Waals surface area contributed by atoms with Crippen molar-refractivity contribution >= 4 is 40.2 Å². The van der Waals surface area contributed by atoms with E-state index in [1.807, 2.05) is 0 Å². The fraction of sp³-hybridized carbons (Fsp3) is 0.667. The Morgan fingerprint density at radius 3 is 2.39 bits per heavy atom. The first-order valence-corrected chi connectivity index (χ1v) is 21.1. The number of benzene rings is 2. The number of carbonyl (C=O) groups excluding carboxylic acids is 1. The number of aryl methyl sites for hydroxylation is 1. The van der Waals surface area contributed by atoms with Crippen LogP contribution in [-0.2, 0) is 11.3 Å². The molecule has 2 saturated carbocycles. The van der Waals surface area contributed by atoms with Gasteiger partial charge in [0.2, 0.25) is 0 Å².